The molecular formula is C19H27N3O4S2. The SMILES string of the molecule is COc1ccc(C(=O)NCCCCc2nc(C)cs2)cc1S(=O)(=O)NC(C)C. The summed E-state index contributed by atoms with van der Waals surface area (Å²) in [5.41, 5.74) is 1.31. The van der Waals surface area contributed by atoms with Crippen LogP contribution in [0.25, 0.3) is 0 Å². The summed E-state index contributed by atoms with van der Waals surface area (Å²) in [5, 5.41) is 5.97. The molecule has 0 bridgehead atoms. The number of methoxy groups -OCH3 is 1. The van der Waals surface area contributed by atoms with E-state index in [1.165, 1.54) is 19.2 Å². The van der Waals surface area contributed by atoms with Crippen LogP contribution in [0.4, 0.5) is 0 Å². The van der Waals surface area contributed by atoms with Crippen LogP contribution in [0, 0.1) is 6.92 Å². The largest absolute Gasteiger partial charge is 0.495 e. The maximum absolute atomic E-state index is 12.5. The molecule has 1 aromatic carbocycles. The highest BCUT2D eigenvalue weighted by Crippen LogP contribution is 2.25. The van der Waals surface area contributed by atoms with Crippen LogP contribution in [-0.2, 0) is 16.4 Å². The van der Waals surface area contributed by atoms with Crippen molar-refractivity contribution in [3.05, 3.63) is 39.8 Å². The molecular weight excluding hydrogens is 398 g/mol. The topological polar surface area (TPSA) is 97.4 Å². The van der Waals surface area contributed by atoms with Gasteiger partial charge < -0.3 is 10.1 Å². The molecule has 1 heterocycles. The highest BCUT2D eigenvalue weighted by atomic mass is 32.2. The highest BCUT2D eigenvalue weighted by molar-refractivity contribution is 7.89. The van der Waals surface area contributed by atoms with Gasteiger partial charge in [0.2, 0.25) is 10.0 Å². The molecule has 0 aliphatic heterocycles. The van der Waals surface area contributed by atoms with Crippen LogP contribution in [-0.4, -0.2) is 39.0 Å². The Hall–Kier alpha value is -1.97. The molecule has 2 aromatic rings. The minimum absolute atomic E-state index is 0.0458. The van der Waals surface area contributed by atoms with Gasteiger partial charge in [-0.2, -0.15) is 0 Å². The van der Waals surface area contributed by atoms with Gasteiger partial charge in [0, 0.05) is 29.2 Å². The first kappa shape index (κ1) is 22.3. The summed E-state index contributed by atoms with van der Waals surface area (Å²) >= 11 is 1.65. The van der Waals surface area contributed by atoms with Gasteiger partial charge in [0.15, 0.2) is 0 Å². The van der Waals surface area contributed by atoms with E-state index in [9.17, 15) is 13.2 Å². The number of benzene rings is 1. The van der Waals surface area contributed by atoms with Gasteiger partial charge in [0.25, 0.3) is 5.91 Å². The van der Waals surface area contributed by atoms with Crippen molar-refractivity contribution in [1.82, 2.24) is 15.0 Å². The lowest BCUT2D eigenvalue weighted by atomic mass is 10.2. The summed E-state index contributed by atoms with van der Waals surface area (Å²) in [6, 6.07) is 4.13. The normalized spacial score (nSPS) is 11.6. The number of nitrogens with zero attached hydrogens (tertiary/aromatic N) is 1. The molecule has 0 radical (unpaired) electrons. The standard InChI is InChI=1S/C19H27N3O4S2/c1-13(2)22-28(24,25)17-11-15(8-9-16(17)26-4)19(23)20-10-6-5-7-18-21-14(3)12-27-18/h8-9,11-13,22H,5-7,10H2,1-4H3,(H,20,23). The van der Waals surface area contributed by atoms with Crippen LogP contribution in [0.5, 0.6) is 5.75 Å². The fraction of sp³-hybridized carbons (Fsp3) is 0.474. The average molecular weight is 426 g/mol. The smallest absolute Gasteiger partial charge is 0.251 e. The number of aromatic nitrogens is 1. The van der Waals surface area contributed by atoms with Crippen molar-refractivity contribution in [3.8, 4) is 5.75 Å². The molecule has 0 saturated carbocycles. The van der Waals surface area contributed by atoms with E-state index in [1.807, 2.05) is 12.3 Å². The number of ether oxygens (including phenoxy) is 1. The number of hydrogen-bond donors (Lipinski definition) is 2. The van der Waals surface area contributed by atoms with Gasteiger partial charge in [-0.05, 0) is 58.2 Å². The molecule has 0 saturated heterocycles. The Morgan fingerprint density at radius 2 is 2.04 bits per heavy atom. The van der Waals surface area contributed by atoms with Gasteiger partial charge in [-0.3, -0.25) is 4.79 Å². The predicted octanol–water partition coefficient (Wildman–Crippen LogP) is 2.90. The summed E-state index contributed by atoms with van der Waals surface area (Å²) in [4.78, 5) is 16.8. The Balaban J connectivity index is 1.96. The van der Waals surface area contributed by atoms with Crippen LogP contribution in [0.1, 0.15) is 47.7 Å². The number of carbonyl (C=O) groups is 1. The molecule has 0 aliphatic carbocycles. The van der Waals surface area contributed by atoms with E-state index in [0.717, 1.165) is 30.0 Å². The van der Waals surface area contributed by atoms with E-state index in [4.69, 9.17) is 4.74 Å². The summed E-state index contributed by atoms with van der Waals surface area (Å²) < 4.78 is 32.7. The van der Waals surface area contributed by atoms with Crippen molar-refractivity contribution in [1.29, 1.82) is 0 Å². The second kappa shape index (κ2) is 9.99. The minimum atomic E-state index is -3.78. The number of rotatable bonds is 10. The fourth-order valence-corrected chi connectivity index (χ4v) is 4.89. The molecule has 0 spiro atoms. The molecule has 0 aliphatic rings. The lowest BCUT2D eigenvalue weighted by molar-refractivity contribution is 0.0952. The molecule has 7 nitrogen and oxygen atoms in total. The third-order valence-corrected chi connectivity index (χ3v) is 6.58. The van der Waals surface area contributed by atoms with E-state index in [2.05, 4.69) is 15.0 Å². The quantitative estimate of drug-likeness (QED) is 0.571. The third-order valence-electron chi connectivity index (χ3n) is 3.88. The Morgan fingerprint density at radius 3 is 2.64 bits per heavy atom. The number of amides is 1. The van der Waals surface area contributed by atoms with E-state index in [0.29, 0.717) is 6.54 Å². The Bertz CT molecular complexity index is 908. The zero-order valence-corrected chi connectivity index (χ0v) is 18.2. The highest BCUT2D eigenvalue weighted by Gasteiger charge is 2.22. The van der Waals surface area contributed by atoms with Crippen LogP contribution >= 0.6 is 11.3 Å². The number of sulfonamides is 1. The van der Waals surface area contributed by atoms with E-state index < -0.39 is 10.0 Å². The van der Waals surface area contributed by atoms with E-state index in [1.54, 1.807) is 31.3 Å². The second-order valence-corrected chi connectivity index (χ2v) is 9.36. The van der Waals surface area contributed by atoms with Gasteiger partial charge in [0.05, 0.1) is 12.1 Å². The molecule has 1 aromatic heterocycles. The molecule has 0 atom stereocenters. The number of unbranched alkanes of at least 4 members (excludes halogenated alkanes) is 1. The fourth-order valence-electron chi connectivity index (χ4n) is 2.62. The molecule has 154 valence electrons. The van der Waals surface area contributed by atoms with Crippen molar-refractivity contribution < 1.29 is 17.9 Å². The van der Waals surface area contributed by atoms with Crippen LogP contribution in [0.15, 0.2) is 28.5 Å². The molecule has 1 amide bonds. The Labute approximate surface area is 170 Å². The second-order valence-electron chi connectivity index (χ2n) is 6.74. The summed E-state index contributed by atoms with van der Waals surface area (Å²) in [6.07, 6.45) is 2.63. The van der Waals surface area contributed by atoms with Gasteiger partial charge in [0.1, 0.15) is 10.6 Å². The maximum Gasteiger partial charge on any atom is 0.251 e. The molecule has 9 heteroatoms. The monoisotopic (exact) mass is 425 g/mol. The van der Waals surface area contributed by atoms with Crippen LogP contribution in [0.2, 0.25) is 0 Å². The Morgan fingerprint density at radius 1 is 1.29 bits per heavy atom. The molecule has 0 unspecified atom stereocenters. The van der Waals surface area contributed by atoms with Gasteiger partial charge in [-0.1, -0.05) is 0 Å². The summed E-state index contributed by atoms with van der Waals surface area (Å²) in [6.45, 7) is 5.95. The lowest BCUT2D eigenvalue weighted by Gasteiger charge is -2.14. The molecule has 2 rings (SSSR count). The number of thiazole rings is 1. The first-order valence-electron chi connectivity index (χ1n) is 9.12. The van der Waals surface area contributed by atoms with Gasteiger partial charge in [-0.15, -0.1) is 11.3 Å². The zero-order chi connectivity index (χ0) is 20.7. The summed E-state index contributed by atoms with van der Waals surface area (Å²) in [7, 11) is -2.38. The van der Waals surface area contributed by atoms with Crippen molar-refractivity contribution in [3.63, 3.8) is 0 Å². The van der Waals surface area contributed by atoms with Gasteiger partial charge in [-0.25, -0.2) is 18.1 Å². The van der Waals surface area contributed by atoms with Crippen LogP contribution in [0.3, 0.4) is 0 Å². The molecule has 0 fully saturated rings. The van der Waals surface area contributed by atoms with Crippen molar-refractivity contribution in [2.45, 2.75) is 51.0 Å². The lowest BCUT2D eigenvalue weighted by Crippen LogP contribution is -2.31. The third kappa shape index (κ3) is 6.29. The number of carbonyl (C=O) groups excluding carboxylic acids is 1. The van der Waals surface area contributed by atoms with Gasteiger partial charge >= 0.3 is 0 Å². The zero-order valence-electron chi connectivity index (χ0n) is 16.6. The predicted molar refractivity (Wildman–Crippen MR) is 111 cm³/mol. The maximum atomic E-state index is 12.5. The summed E-state index contributed by atoms with van der Waals surface area (Å²) in [5.74, 6) is -0.114. The van der Waals surface area contributed by atoms with Crippen molar-refractivity contribution >= 4 is 27.3 Å². The first-order valence-corrected chi connectivity index (χ1v) is 11.5. The van der Waals surface area contributed by atoms with Crippen molar-refractivity contribution in [2.75, 3.05) is 13.7 Å². The first-order chi connectivity index (χ1) is 13.2. The van der Waals surface area contributed by atoms with E-state index in [-0.39, 0.29) is 28.2 Å². The average Bonchev–Trinajstić information content (AvgIpc) is 3.04. The van der Waals surface area contributed by atoms with Crippen molar-refractivity contribution in [2.24, 2.45) is 0 Å². The molecule has 28 heavy (non-hydrogen) atoms. The number of nitrogens with one attached hydrogen (secondary N) is 2. The molecule has 2 N–H and O–H groups in total. The van der Waals surface area contributed by atoms with Crippen LogP contribution < -0.4 is 14.8 Å². The Kier molecular flexibility index (Phi) is 7.97. The van der Waals surface area contributed by atoms with E-state index >= 15 is 0 Å². The number of hydrogen-bond acceptors (Lipinski definition) is 6. The number of aryl methyl sites for hydroxylation is 2. The minimum Gasteiger partial charge on any atom is -0.495 e.